The Labute approximate surface area is 166 Å². The molecule has 0 N–H and O–H groups in total. The van der Waals surface area contributed by atoms with Gasteiger partial charge in [-0.05, 0) is 26.3 Å². The number of carbonyl (C=O) groups excluding carboxylic acids is 2. The summed E-state index contributed by atoms with van der Waals surface area (Å²) in [4.78, 5) is 51.3. The fourth-order valence-electron chi connectivity index (χ4n) is 3.29. The van der Waals surface area contributed by atoms with Crippen LogP contribution in [0.4, 0.5) is 5.69 Å². The average molecular weight is 403 g/mol. The Balaban J connectivity index is 2.75. The summed E-state index contributed by atoms with van der Waals surface area (Å²) in [5.41, 5.74) is 0.469. The van der Waals surface area contributed by atoms with Crippen molar-refractivity contribution >= 4 is 23.3 Å². The molecule has 0 fully saturated rings. The van der Waals surface area contributed by atoms with Crippen LogP contribution in [0.25, 0.3) is 0 Å². The topological polar surface area (TPSA) is 138 Å². The van der Waals surface area contributed by atoms with Gasteiger partial charge >= 0.3 is 11.9 Å². The van der Waals surface area contributed by atoms with Gasteiger partial charge in [0.05, 0.1) is 29.4 Å². The Morgan fingerprint density at radius 1 is 1.24 bits per heavy atom. The van der Waals surface area contributed by atoms with E-state index in [1.807, 2.05) is 0 Å². The molecule has 0 saturated heterocycles. The number of ether oxygens (including phenoxy) is 2. The van der Waals surface area contributed by atoms with E-state index in [2.05, 4.69) is 10.2 Å². The lowest BCUT2D eigenvalue weighted by molar-refractivity contribution is -0.384. The van der Waals surface area contributed by atoms with E-state index in [9.17, 15) is 24.6 Å². The van der Waals surface area contributed by atoms with Crippen LogP contribution in [0.2, 0.25) is 0 Å². The predicted molar refractivity (Wildman–Crippen MR) is 103 cm³/mol. The van der Waals surface area contributed by atoms with Gasteiger partial charge in [0.15, 0.2) is 0 Å². The highest BCUT2D eigenvalue weighted by atomic mass is 16.6. The highest BCUT2D eigenvalue weighted by molar-refractivity contribution is 6.07. The summed E-state index contributed by atoms with van der Waals surface area (Å²) in [5, 5.41) is 14.1. The molecule has 2 rings (SSSR count). The third-order valence-corrected chi connectivity index (χ3v) is 4.41. The predicted octanol–water partition coefficient (Wildman–Crippen LogP) is 2.92. The molecule has 154 valence electrons. The molecule has 0 spiro atoms. The lowest BCUT2D eigenvalue weighted by Gasteiger charge is -2.31. The van der Waals surface area contributed by atoms with E-state index in [-0.39, 0.29) is 30.2 Å². The quantitative estimate of drug-likeness (QED) is 0.281. The molecular weight excluding hydrogens is 382 g/mol. The molecule has 0 amide bonds. The molecule has 29 heavy (non-hydrogen) atoms. The summed E-state index contributed by atoms with van der Waals surface area (Å²) in [6.45, 7) is 4.56. The van der Waals surface area contributed by atoms with Crippen molar-refractivity contribution in [2.75, 3.05) is 19.8 Å². The maximum Gasteiger partial charge on any atom is 0.336 e. The molecule has 0 aliphatic carbocycles. The van der Waals surface area contributed by atoms with Gasteiger partial charge in [-0.3, -0.25) is 19.9 Å². The molecule has 0 radical (unpaired) electrons. The highest BCUT2D eigenvalue weighted by Gasteiger charge is 2.43. The molecule has 0 aromatic heterocycles. The Hall–Kier alpha value is -3.43. The van der Waals surface area contributed by atoms with E-state index in [0.29, 0.717) is 11.3 Å². The SMILES string of the molecule is CCOC(=O)C1=C(CN=O)N=C(C)C(C(=O)OCC)C1c1cccc([N+](=O)[O-])c1. The maximum absolute atomic E-state index is 12.7. The number of non-ortho nitro benzene ring substituents is 1. The van der Waals surface area contributed by atoms with Crippen LogP contribution in [-0.4, -0.2) is 42.3 Å². The molecular formula is C19H21N3O7. The molecule has 1 aromatic rings. The van der Waals surface area contributed by atoms with E-state index >= 15 is 0 Å². The number of hydrogen-bond acceptors (Lipinski definition) is 9. The zero-order valence-electron chi connectivity index (χ0n) is 16.3. The summed E-state index contributed by atoms with van der Waals surface area (Å²) >= 11 is 0. The lowest BCUT2D eigenvalue weighted by atomic mass is 9.75. The Kier molecular flexibility index (Phi) is 7.29. The van der Waals surface area contributed by atoms with Crippen LogP contribution in [0.3, 0.4) is 0 Å². The number of nitro groups is 1. The number of carbonyl (C=O) groups is 2. The van der Waals surface area contributed by atoms with Crippen molar-refractivity contribution in [1.82, 2.24) is 0 Å². The highest BCUT2D eigenvalue weighted by Crippen LogP contribution is 2.41. The van der Waals surface area contributed by atoms with Crippen molar-refractivity contribution in [3.05, 3.63) is 56.1 Å². The maximum atomic E-state index is 12.7. The van der Waals surface area contributed by atoms with Gasteiger partial charge in [-0.25, -0.2) is 4.79 Å². The van der Waals surface area contributed by atoms with Crippen molar-refractivity contribution in [2.45, 2.75) is 26.7 Å². The second-order valence-corrected chi connectivity index (χ2v) is 6.18. The standard InChI is InChI=1S/C19H21N3O7/c1-4-28-18(23)15-11(3)21-14(10-20-25)17(19(24)29-5-2)16(15)12-7-6-8-13(9-12)22(26)27/h6-9,15-16H,4-5,10H2,1-3H3. The third-order valence-electron chi connectivity index (χ3n) is 4.41. The molecule has 10 nitrogen and oxygen atoms in total. The van der Waals surface area contributed by atoms with Crippen molar-refractivity contribution in [3.63, 3.8) is 0 Å². The number of rotatable bonds is 8. The van der Waals surface area contributed by atoms with Crippen LogP contribution in [-0.2, 0) is 19.1 Å². The molecule has 0 bridgehead atoms. The van der Waals surface area contributed by atoms with Crippen molar-refractivity contribution < 1.29 is 24.0 Å². The molecule has 1 aliphatic heterocycles. The number of benzene rings is 1. The fourth-order valence-corrected chi connectivity index (χ4v) is 3.29. The molecule has 1 aromatic carbocycles. The molecule has 1 heterocycles. The van der Waals surface area contributed by atoms with Crippen LogP contribution < -0.4 is 0 Å². The van der Waals surface area contributed by atoms with E-state index in [1.165, 1.54) is 18.2 Å². The lowest BCUT2D eigenvalue weighted by Crippen LogP contribution is -2.37. The normalized spacial score (nSPS) is 18.7. The Morgan fingerprint density at radius 3 is 2.52 bits per heavy atom. The minimum Gasteiger partial charge on any atom is -0.465 e. The smallest absolute Gasteiger partial charge is 0.336 e. The summed E-state index contributed by atoms with van der Waals surface area (Å²) in [6.07, 6.45) is 0. The van der Waals surface area contributed by atoms with E-state index in [4.69, 9.17) is 9.47 Å². The first-order chi connectivity index (χ1) is 13.8. The van der Waals surface area contributed by atoms with Gasteiger partial charge in [-0.1, -0.05) is 17.3 Å². The third kappa shape index (κ3) is 4.71. The van der Waals surface area contributed by atoms with Gasteiger partial charge < -0.3 is 9.47 Å². The van der Waals surface area contributed by atoms with Crippen molar-refractivity contribution in [3.8, 4) is 0 Å². The van der Waals surface area contributed by atoms with Gasteiger partial charge in [0, 0.05) is 23.8 Å². The molecule has 10 heteroatoms. The minimum atomic E-state index is -1.01. The summed E-state index contributed by atoms with van der Waals surface area (Å²) in [6, 6.07) is 5.60. The molecule has 2 unspecified atom stereocenters. The van der Waals surface area contributed by atoms with Crippen LogP contribution in [0.1, 0.15) is 32.3 Å². The van der Waals surface area contributed by atoms with E-state index in [0.717, 1.165) is 0 Å². The van der Waals surface area contributed by atoms with Gasteiger partial charge in [-0.15, -0.1) is 0 Å². The Morgan fingerprint density at radius 2 is 1.93 bits per heavy atom. The second-order valence-electron chi connectivity index (χ2n) is 6.18. The van der Waals surface area contributed by atoms with E-state index < -0.39 is 35.2 Å². The summed E-state index contributed by atoms with van der Waals surface area (Å²) < 4.78 is 10.3. The first-order valence-electron chi connectivity index (χ1n) is 9.01. The number of nitroso groups, excluding NO2 is 1. The second kappa shape index (κ2) is 9.67. The van der Waals surface area contributed by atoms with E-state index in [1.54, 1.807) is 26.8 Å². The zero-order valence-corrected chi connectivity index (χ0v) is 16.3. The summed E-state index contributed by atoms with van der Waals surface area (Å²) in [7, 11) is 0. The van der Waals surface area contributed by atoms with Gasteiger partial charge in [0.2, 0.25) is 0 Å². The van der Waals surface area contributed by atoms with Crippen molar-refractivity contribution in [2.24, 2.45) is 16.1 Å². The van der Waals surface area contributed by atoms with Gasteiger partial charge in [0.1, 0.15) is 12.5 Å². The van der Waals surface area contributed by atoms with Gasteiger partial charge in [-0.2, -0.15) is 4.91 Å². The van der Waals surface area contributed by atoms with Crippen LogP contribution in [0.5, 0.6) is 0 Å². The number of nitrogens with zero attached hydrogens (tertiary/aromatic N) is 3. The Bertz CT molecular complexity index is 892. The zero-order chi connectivity index (χ0) is 21.6. The van der Waals surface area contributed by atoms with Crippen LogP contribution in [0.15, 0.2) is 45.7 Å². The monoisotopic (exact) mass is 403 g/mol. The number of nitro benzene ring substituents is 1. The largest absolute Gasteiger partial charge is 0.465 e. The minimum absolute atomic E-state index is 0.0319. The van der Waals surface area contributed by atoms with Crippen LogP contribution >= 0.6 is 0 Å². The number of aliphatic imine (C=N–C) groups is 1. The van der Waals surface area contributed by atoms with Crippen LogP contribution in [0, 0.1) is 20.9 Å². The number of hydrogen-bond donors (Lipinski definition) is 0. The van der Waals surface area contributed by atoms with Crippen molar-refractivity contribution in [1.29, 1.82) is 0 Å². The first kappa shape index (κ1) is 21.9. The number of esters is 2. The van der Waals surface area contributed by atoms with Gasteiger partial charge in [0.25, 0.3) is 5.69 Å². The molecule has 2 atom stereocenters. The summed E-state index contributed by atoms with van der Waals surface area (Å²) in [5.74, 6) is -3.38. The molecule has 0 saturated carbocycles. The average Bonchev–Trinajstić information content (AvgIpc) is 2.68. The first-order valence-corrected chi connectivity index (χ1v) is 9.01. The molecule has 1 aliphatic rings. The fraction of sp³-hybridized carbons (Fsp3) is 0.421.